The lowest BCUT2D eigenvalue weighted by molar-refractivity contribution is -0.115. The van der Waals surface area contributed by atoms with Crippen molar-refractivity contribution >= 4 is 11.6 Å². The van der Waals surface area contributed by atoms with Crippen LogP contribution in [0.2, 0.25) is 0 Å². The van der Waals surface area contributed by atoms with Crippen molar-refractivity contribution in [3.8, 4) is 11.5 Å². The summed E-state index contributed by atoms with van der Waals surface area (Å²) in [6.45, 7) is 0. The molecule has 0 radical (unpaired) electrons. The molecule has 0 saturated heterocycles. The van der Waals surface area contributed by atoms with Crippen LogP contribution in [0, 0.1) is 0 Å². The van der Waals surface area contributed by atoms with Gasteiger partial charge in [-0.1, -0.05) is 5.21 Å². The van der Waals surface area contributed by atoms with Crippen molar-refractivity contribution in [2.75, 3.05) is 19.5 Å². The fourth-order valence-electron chi connectivity index (χ4n) is 1.50. The van der Waals surface area contributed by atoms with Crippen molar-refractivity contribution in [1.29, 1.82) is 0 Å². The third-order valence-electron chi connectivity index (χ3n) is 2.39. The van der Waals surface area contributed by atoms with E-state index in [2.05, 4.69) is 25.9 Å². The van der Waals surface area contributed by atoms with Gasteiger partial charge in [0.2, 0.25) is 5.91 Å². The second-order valence-corrected chi connectivity index (χ2v) is 3.62. The van der Waals surface area contributed by atoms with Crippen LogP contribution in [-0.2, 0) is 11.2 Å². The van der Waals surface area contributed by atoms with Crippen molar-refractivity contribution in [3.63, 3.8) is 0 Å². The van der Waals surface area contributed by atoms with E-state index >= 15 is 0 Å². The largest absolute Gasteiger partial charge is 0.497 e. The Labute approximate surface area is 109 Å². The molecule has 0 fully saturated rings. The number of carbonyl (C=O) groups excluding carboxylic acids is 1. The Morgan fingerprint density at radius 3 is 2.84 bits per heavy atom. The lowest BCUT2D eigenvalue weighted by Gasteiger charge is -2.10. The molecule has 2 aromatic rings. The van der Waals surface area contributed by atoms with E-state index < -0.39 is 0 Å². The number of tetrazole rings is 1. The van der Waals surface area contributed by atoms with Gasteiger partial charge in [0.25, 0.3) is 0 Å². The van der Waals surface area contributed by atoms with Crippen LogP contribution in [0.3, 0.4) is 0 Å². The van der Waals surface area contributed by atoms with Crippen molar-refractivity contribution in [2.24, 2.45) is 0 Å². The van der Waals surface area contributed by atoms with E-state index in [4.69, 9.17) is 9.47 Å². The summed E-state index contributed by atoms with van der Waals surface area (Å²) in [4.78, 5) is 11.8. The van der Waals surface area contributed by atoms with Gasteiger partial charge in [0.05, 0.1) is 26.3 Å². The van der Waals surface area contributed by atoms with Gasteiger partial charge < -0.3 is 14.8 Å². The summed E-state index contributed by atoms with van der Waals surface area (Å²) in [6, 6.07) is 5.11. The minimum absolute atomic E-state index is 0.0334. The molecule has 1 amide bonds. The number of hydrogen-bond acceptors (Lipinski definition) is 6. The van der Waals surface area contributed by atoms with E-state index in [0.717, 1.165) is 0 Å². The zero-order chi connectivity index (χ0) is 13.7. The molecule has 0 bridgehead atoms. The number of anilines is 1. The van der Waals surface area contributed by atoms with Crippen LogP contribution in [0.5, 0.6) is 11.5 Å². The molecule has 0 unspecified atom stereocenters. The number of H-pyrrole nitrogens is 1. The number of ether oxygens (including phenoxy) is 2. The zero-order valence-electron chi connectivity index (χ0n) is 10.5. The van der Waals surface area contributed by atoms with E-state index in [1.165, 1.54) is 7.11 Å². The summed E-state index contributed by atoms with van der Waals surface area (Å²) in [5.74, 6) is 1.23. The first-order valence-electron chi connectivity index (χ1n) is 5.47. The van der Waals surface area contributed by atoms with Gasteiger partial charge in [-0.05, 0) is 12.1 Å². The van der Waals surface area contributed by atoms with E-state index in [9.17, 15) is 4.79 Å². The number of amides is 1. The predicted molar refractivity (Wildman–Crippen MR) is 66.1 cm³/mol. The van der Waals surface area contributed by atoms with Gasteiger partial charge in [0, 0.05) is 6.07 Å². The highest BCUT2D eigenvalue weighted by molar-refractivity contribution is 5.93. The molecule has 1 heterocycles. The Balaban J connectivity index is 2.07. The first-order chi connectivity index (χ1) is 9.22. The minimum Gasteiger partial charge on any atom is -0.497 e. The Morgan fingerprint density at radius 2 is 2.21 bits per heavy atom. The average molecular weight is 263 g/mol. The Morgan fingerprint density at radius 1 is 1.37 bits per heavy atom. The molecule has 0 spiro atoms. The second-order valence-electron chi connectivity index (χ2n) is 3.62. The molecule has 19 heavy (non-hydrogen) atoms. The van der Waals surface area contributed by atoms with Crippen molar-refractivity contribution in [1.82, 2.24) is 20.6 Å². The van der Waals surface area contributed by atoms with Gasteiger partial charge >= 0.3 is 0 Å². The number of hydrogen-bond donors (Lipinski definition) is 2. The normalized spacial score (nSPS) is 10.0. The first-order valence-corrected chi connectivity index (χ1v) is 5.47. The maximum absolute atomic E-state index is 11.8. The number of benzene rings is 1. The molecule has 2 N–H and O–H groups in total. The molecule has 0 atom stereocenters. The fourth-order valence-corrected chi connectivity index (χ4v) is 1.50. The topological polar surface area (TPSA) is 102 Å². The van der Waals surface area contributed by atoms with Gasteiger partial charge in [-0.3, -0.25) is 4.79 Å². The van der Waals surface area contributed by atoms with Crippen molar-refractivity contribution < 1.29 is 14.3 Å². The number of rotatable bonds is 5. The molecule has 1 aromatic heterocycles. The first kappa shape index (κ1) is 12.8. The van der Waals surface area contributed by atoms with Gasteiger partial charge in [0.1, 0.15) is 11.5 Å². The molecular formula is C11H13N5O3. The number of methoxy groups -OCH3 is 2. The van der Waals surface area contributed by atoms with E-state index in [-0.39, 0.29) is 12.3 Å². The van der Waals surface area contributed by atoms with E-state index in [1.54, 1.807) is 25.3 Å². The summed E-state index contributed by atoms with van der Waals surface area (Å²) in [6.07, 6.45) is 0.0334. The van der Waals surface area contributed by atoms with Crippen LogP contribution in [0.25, 0.3) is 0 Å². The SMILES string of the molecule is COc1ccc(NC(=O)Cc2nn[nH]n2)c(OC)c1. The van der Waals surface area contributed by atoms with Gasteiger partial charge in [0.15, 0.2) is 5.82 Å². The van der Waals surface area contributed by atoms with E-state index in [1.807, 2.05) is 0 Å². The standard InChI is InChI=1S/C11H13N5O3/c1-18-7-3-4-8(9(5-7)19-2)12-11(17)6-10-13-15-16-14-10/h3-5H,6H2,1-2H3,(H,12,17)(H,13,14,15,16). The average Bonchev–Trinajstić information content (AvgIpc) is 2.91. The van der Waals surface area contributed by atoms with Crippen molar-refractivity contribution in [2.45, 2.75) is 6.42 Å². The highest BCUT2D eigenvalue weighted by atomic mass is 16.5. The summed E-state index contributed by atoms with van der Waals surface area (Å²) < 4.78 is 10.3. The number of nitrogens with one attached hydrogen (secondary N) is 2. The number of nitrogens with zero attached hydrogens (tertiary/aromatic N) is 3. The molecule has 8 nitrogen and oxygen atoms in total. The predicted octanol–water partition coefficient (Wildman–Crippen LogP) is 0.398. The second kappa shape index (κ2) is 5.80. The minimum atomic E-state index is -0.259. The Kier molecular flexibility index (Phi) is 3.91. The molecule has 1 aromatic carbocycles. The lowest BCUT2D eigenvalue weighted by atomic mass is 10.2. The molecule has 0 aliphatic heterocycles. The van der Waals surface area contributed by atoms with Crippen LogP contribution in [0.15, 0.2) is 18.2 Å². The fraction of sp³-hybridized carbons (Fsp3) is 0.273. The summed E-state index contributed by atoms with van der Waals surface area (Å²) >= 11 is 0. The van der Waals surface area contributed by atoms with Crippen LogP contribution < -0.4 is 14.8 Å². The number of aromatic amines is 1. The van der Waals surface area contributed by atoms with Gasteiger partial charge in [-0.15, -0.1) is 10.2 Å². The summed E-state index contributed by atoms with van der Waals surface area (Å²) in [5, 5.41) is 15.8. The summed E-state index contributed by atoms with van der Waals surface area (Å²) in [5.41, 5.74) is 0.553. The number of carbonyl (C=O) groups is 1. The van der Waals surface area contributed by atoms with Gasteiger partial charge in [-0.25, -0.2) is 0 Å². The lowest BCUT2D eigenvalue weighted by Crippen LogP contribution is -2.15. The van der Waals surface area contributed by atoms with Crippen LogP contribution in [0.4, 0.5) is 5.69 Å². The van der Waals surface area contributed by atoms with Crippen molar-refractivity contribution in [3.05, 3.63) is 24.0 Å². The Bertz CT molecular complexity index is 555. The highest BCUT2D eigenvalue weighted by Gasteiger charge is 2.11. The van der Waals surface area contributed by atoms with Crippen LogP contribution >= 0.6 is 0 Å². The molecule has 8 heteroatoms. The molecule has 100 valence electrons. The van der Waals surface area contributed by atoms with Gasteiger partial charge in [-0.2, -0.15) is 5.21 Å². The van der Waals surface area contributed by atoms with E-state index in [0.29, 0.717) is 23.0 Å². The Hall–Kier alpha value is -2.64. The summed E-state index contributed by atoms with van der Waals surface area (Å²) in [7, 11) is 3.08. The molecule has 0 aliphatic rings. The molecule has 0 saturated carbocycles. The maximum atomic E-state index is 11.8. The third-order valence-corrected chi connectivity index (χ3v) is 2.39. The third kappa shape index (κ3) is 3.18. The quantitative estimate of drug-likeness (QED) is 0.809. The van der Waals surface area contributed by atoms with Crippen LogP contribution in [-0.4, -0.2) is 40.8 Å². The molecule has 0 aliphatic carbocycles. The monoisotopic (exact) mass is 263 g/mol. The highest BCUT2D eigenvalue weighted by Crippen LogP contribution is 2.28. The zero-order valence-corrected chi connectivity index (χ0v) is 10.5. The smallest absolute Gasteiger partial charge is 0.232 e. The maximum Gasteiger partial charge on any atom is 0.232 e. The van der Waals surface area contributed by atoms with Crippen LogP contribution in [0.1, 0.15) is 5.82 Å². The molecular weight excluding hydrogens is 250 g/mol. The number of aromatic nitrogens is 4. The molecule has 2 rings (SSSR count).